The molecule has 1 amide bonds. The topological polar surface area (TPSA) is 32.3 Å². The lowest BCUT2D eigenvalue weighted by molar-refractivity contribution is -0.138. The van der Waals surface area contributed by atoms with Crippen LogP contribution < -0.4 is 5.32 Å². The summed E-state index contributed by atoms with van der Waals surface area (Å²) in [6.45, 7) is 5.04. The van der Waals surface area contributed by atoms with E-state index in [0.717, 1.165) is 31.1 Å². The Kier molecular flexibility index (Phi) is 5.70. The molecular formula is C18H23F3N2O. The minimum absolute atomic E-state index is 0.0327. The summed E-state index contributed by atoms with van der Waals surface area (Å²) in [4.78, 5) is 14.7. The highest BCUT2D eigenvalue weighted by molar-refractivity contribution is 5.96. The number of carbonyl (C=O) groups excluding carboxylic acids is 1. The fourth-order valence-electron chi connectivity index (χ4n) is 2.98. The molecule has 0 saturated carbocycles. The molecule has 0 fully saturated rings. The van der Waals surface area contributed by atoms with Gasteiger partial charge in [-0.1, -0.05) is 19.1 Å². The Bertz CT molecular complexity index is 638. The molecule has 0 aliphatic carbocycles. The second-order valence-electron chi connectivity index (χ2n) is 6.20. The number of nitrogens with zero attached hydrogens (tertiary/aromatic N) is 1. The van der Waals surface area contributed by atoms with Crippen LogP contribution in [0.3, 0.4) is 0 Å². The van der Waals surface area contributed by atoms with Crippen molar-refractivity contribution in [3.05, 3.63) is 46.5 Å². The van der Waals surface area contributed by atoms with Crippen LogP contribution in [0.2, 0.25) is 0 Å². The molecule has 24 heavy (non-hydrogen) atoms. The maximum Gasteiger partial charge on any atom is 0.416 e. The number of amides is 1. The van der Waals surface area contributed by atoms with E-state index < -0.39 is 17.6 Å². The smallest absolute Gasteiger partial charge is 0.346 e. The van der Waals surface area contributed by atoms with Gasteiger partial charge in [-0.3, -0.25) is 4.79 Å². The Balaban J connectivity index is 2.20. The molecule has 1 atom stereocenters. The molecule has 0 aromatic heterocycles. The molecule has 0 saturated heterocycles. The van der Waals surface area contributed by atoms with Crippen LogP contribution in [0.1, 0.15) is 41.3 Å². The average Bonchev–Trinajstić information content (AvgIpc) is 2.52. The molecule has 1 aromatic carbocycles. The van der Waals surface area contributed by atoms with Crippen molar-refractivity contribution in [1.82, 2.24) is 10.2 Å². The van der Waals surface area contributed by atoms with Gasteiger partial charge in [-0.25, -0.2) is 0 Å². The van der Waals surface area contributed by atoms with E-state index >= 15 is 0 Å². The second-order valence-corrected chi connectivity index (χ2v) is 6.20. The summed E-state index contributed by atoms with van der Waals surface area (Å²) in [5.41, 5.74) is 0.432. The molecule has 3 nitrogen and oxygen atoms in total. The van der Waals surface area contributed by atoms with Gasteiger partial charge >= 0.3 is 6.18 Å². The summed E-state index contributed by atoms with van der Waals surface area (Å²) in [5, 5.41) is 2.89. The number of hydrogen-bond acceptors (Lipinski definition) is 2. The number of hydrogen-bond donors (Lipinski definition) is 1. The van der Waals surface area contributed by atoms with E-state index in [4.69, 9.17) is 0 Å². The van der Waals surface area contributed by atoms with Crippen LogP contribution in [0.15, 0.2) is 29.8 Å². The van der Waals surface area contributed by atoms with Gasteiger partial charge in [-0.15, -0.1) is 0 Å². The Morgan fingerprint density at radius 1 is 1.38 bits per heavy atom. The third-order valence-corrected chi connectivity index (χ3v) is 4.49. The van der Waals surface area contributed by atoms with E-state index in [0.29, 0.717) is 6.42 Å². The molecule has 1 aliphatic heterocycles. The van der Waals surface area contributed by atoms with Crippen LogP contribution in [0.5, 0.6) is 0 Å². The van der Waals surface area contributed by atoms with Crippen molar-refractivity contribution in [2.24, 2.45) is 0 Å². The van der Waals surface area contributed by atoms with Crippen molar-refractivity contribution >= 4 is 5.91 Å². The largest absolute Gasteiger partial charge is 0.416 e. The maximum atomic E-state index is 13.0. The Hall–Kier alpha value is -1.82. The molecule has 1 aliphatic rings. The van der Waals surface area contributed by atoms with Gasteiger partial charge in [0.25, 0.3) is 5.91 Å². The van der Waals surface area contributed by atoms with Crippen molar-refractivity contribution < 1.29 is 18.0 Å². The molecule has 132 valence electrons. The maximum absolute atomic E-state index is 13.0. The van der Waals surface area contributed by atoms with Gasteiger partial charge in [0.05, 0.1) is 11.6 Å². The normalized spacial score (nSPS) is 17.3. The predicted octanol–water partition coefficient (Wildman–Crippen LogP) is 3.78. The average molecular weight is 340 g/mol. The lowest BCUT2D eigenvalue weighted by Crippen LogP contribution is -2.39. The first kappa shape index (κ1) is 18.5. The van der Waals surface area contributed by atoms with Crippen LogP contribution >= 0.6 is 0 Å². The number of rotatable bonds is 4. The van der Waals surface area contributed by atoms with Crippen LogP contribution in [0, 0.1) is 6.92 Å². The number of likely N-dealkylation sites (N-methyl/N-ethyl adjacent to an activating group) is 1. The first-order chi connectivity index (χ1) is 11.2. The van der Waals surface area contributed by atoms with Gasteiger partial charge in [0.15, 0.2) is 0 Å². The first-order valence-corrected chi connectivity index (χ1v) is 8.09. The van der Waals surface area contributed by atoms with Crippen molar-refractivity contribution in [3.8, 4) is 0 Å². The van der Waals surface area contributed by atoms with E-state index in [1.54, 1.807) is 0 Å². The number of alkyl halides is 3. The number of carbonyl (C=O) groups is 1. The highest BCUT2D eigenvalue weighted by Crippen LogP contribution is 2.33. The SMILES string of the molecule is CC[C@@H](NC(=O)c1cccc(C(F)(F)F)c1C)C1=CCN(C)CC1. The quantitative estimate of drug-likeness (QED) is 0.846. The number of halogens is 3. The van der Waals surface area contributed by atoms with Gasteiger partial charge in [0.1, 0.15) is 0 Å². The lowest BCUT2D eigenvalue weighted by Gasteiger charge is -2.28. The Morgan fingerprint density at radius 2 is 2.08 bits per heavy atom. The summed E-state index contributed by atoms with van der Waals surface area (Å²) >= 11 is 0. The molecule has 0 radical (unpaired) electrons. The van der Waals surface area contributed by atoms with Crippen molar-refractivity contribution in [3.63, 3.8) is 0 Å². The molecule has 0 unspecified atom stereocenters. The molecule has 0 spiro atoms. The first-order valence-electron chi connectivity index (χ1n) is 8.09. The molecule has 1 N–H and O–H groups in total. The van der Waals surface area contributed by atoms with Gasteiger partial charge in [-0.05, 0) is 50.1 Å². The van der Waals surface area contributed by atoms with Crippen LogP contribution in [-0.4, -0.2) is 37.0 Å². The molecule has 2 rings (SSSR count). The lowest BCUT2D eigenvalue weighted by atomic mass is 9.96. The highest BCUT2D eigenvalue weighted by atomic mass is 19.4. The minimum atomic E-state index is -4.46. The Labute approximate surface area is 140 Å². The third kappa shape index (κ3) is 4.17. The van der Waals surface area contributed by atoms with Gasteiger partial charge in [0, 0.05) is 18.7 Å². The number of nitrogens with one attached hydrogen (secondary N) is 1. The van der Waals surface area contributed by atoms with Crippen molar-refractivity contribution in [2.75, 3.05) is 20.1 Å². The summed E-state index contributed by atoms with van der Waals surface area (Å²) < 4.78 is 39.0. The number of benzene rings is 1. The van der Waals surface area contributed by atoms with Crippen LogP contribution in [-0.2, 0) is 6.18 Å². The van der Waals surface area contributed by atoms with Crippen molar-refractivity contribution in [1.29, 1.82) is 0 Å². The third-order valence-electron chi connectivity index (χ3n) is 4.49. The standard InChI is InChI=1S/C18H23F3N2O/c1-4-16(13-8-10-23(3)11-9-13)22-17(24)14-6-5-7-15(12(14)2)18(19,20)21/h5-8,16H,4,9-11H2,1-3H3,(H,22,24)/t16-/m1/s1. The molecule has 1 aromatic rings. The fraction of sp³-hybridized carbons (Fsp3) is 0.500. The van der Waals surface area contributed by atoms with Crippen LogP contribution in [0.4, 0.5) is 13.2 Å². The second kappa shape index (κ2) is 7.38. The zero-order chi connectivity index (χ0) is 17.9. The summed E-state index contributed by atoms with van der Waals surface area (Å²) in [6, 6.07) is 3.58. The van der Waals surface area contributed by atoms with E-state index in [-0.39, 0.29) is 17.2 Å². The van der Waals surface area contributed by atoms with Gasteiger partial charge < -0.3 is 10.2 Å². The Morgan fingerprint density at radius 3 is 2.62 bits per heavy atom. The zero-order valence-corrected chi connectivity index (χ0v) is 14.2. The van der Waals surface area contributed by atoms with E-state index in [2.05, 4.69) is 16.3 Å². The fourth-order valence-corrected chi connectivity index (χ4v) is 2.98. The monoisotopic (exact) mass is 340 g/mol. The van der Waals surface area contributed by atoms with Gasteiger partial charge in [-0.2, -0.15) is 13.2 Å². The molecule has 6 heteroatoms. The van der Waals surface area contributed by atoms with Gasteiger partial charge in [0.2, 0.25) is 0 Å². The van der Waals surface area contributed by atoms with E-state index in [9.17, 15) is 18.0 Å². The molecule has 1 heterocycles. The van der Waals surface area contributed by atoms with Crippen LogP contribution in [0.25, 0.3) is 0 Å². The van der Waals surface area contributed by atoms with Crippen molar-refractivity contribution in [2.45, 2.75) is 38.9 Å². The zero-order valence-electron chi connectivity index (χ0n) is 14.2. The minimum Gasteiger partial charge on any atom is -0.346 e. The summed E-state index contributed by atoms with van der Waals surface area (Å²) in [6.07, 6.45) is -0.798. The molecule has 0 bridgehead atoms. The summed E-state index contributed by atoms with van der Waals surface area (Å²) in [5.74, 6) is -0.453. The molecular weight excluding hydrogens is 317 g/mol. The van der Waals surface area contributed by atoms with E-state index in [1.807, 2.05) is 14.0 Å². The summed E-state index contributed by atoms with van der Waals surface area (Å²) in [7, 11) is 2.03. The highest BCUT2D eigenvalue weighted by Gasteiger charge is 2.33. The van der Waals surface area contributed by atoms with E-state index in [1.165, 1.54) is 19.1 Å². The predicted molar refractivity (Wildman–Crippen MR) is 87.9 cm³/mol.